The molecule has 3 aromatic rings. The van der Waals surface area contributed by atoms with Crippen LogP contribution in [-0.4, -0.2) is 42.5 Å². The lowest BCUT2D eigenvalue weighted by molar-refractivity contribution is -0.150. The van der Waals surface area contributed by atoms with E-state index in [1.54, 1.807) is 48.5 Å². The molecule has 0 aliphatic heterocycles. The lowest BCUT2D eigenvalue weighted by atomic mass is 9.61. The van der Waals surface area contributed by atoms with Crippen LogP contribution in [0, 0.1) is 17.7 Å². The zero-order chi connectivity index (χ0) is 28.3. The molecule has 2 amide bonds. The fraction of sp³-hybridized carbons (Fsp3) is 0.276. The van der Waals surface area contributed by atoms with Crippen molar-refractivity contribution in [3.05, 3.63) is 83.1 Å². The molecule has 1 aliphatic carbocycles. The van der Waals surface area contributed by atoms with Gasteiger partial charge in [-0.2, -0.15) is 0 Å². The van der Waals surface area contributed by atoms with Gasteiger partial charge < -0.3 is 25.2 Å². The summed E-state index contributed by atoms with van der Waals surface area (Å²) in [4.78, 5) is 41.0. The highest BCUT2D eigenvalue weighted by molar-refractivity contribution is 6.31. The average Bonchev–Trinajstić information content (AvgIpc) is 2.88. The number of carbonyl (C=O) groups is 3. The summed E-state index contributed by atoms with van der Waals surface area (Å²) in [6, 6.07) is 17.1. The SMILES string of the molecule is COc1ccccc1NC(=O)C1C(=O)CC(C)(O)C(C(=O)Nc2ccccc2OC)C1c1c(F)cccc1Cl. The molecule has 0 spiro atoms. The first kappa shape index (κ1) is 28.1. The Hall–Kier alpha value is -3.95. The van der Waals surface area contributed by atoms with Gasteiger partial charge in [0.15, 0.2) is 0 Å². The number of methoxy groups -OCH3 is 2. The Morgan fingerprint density at radius 3 is 2.00 bits per heavy atom. The number of hydrogen-bond donors (Lipinski definition) is 3. The van der Waals surface area contributed by atoms with Gasteiger partial charge >= 0.3 is 0 Å². The number of ether oxygens (including phenoxy) is 2. The number of halogens is 2. The Morgan fingerprint density at radius 1 is 0.923 bits per heavy atom. The lowest BCUT2D eigenvalue weighted by Crippen LogP contribution is -2.56. The first-order valence-electron chi connectivity index (χ1n) is 12.2. The minimum atomic E-state index is -1.94. The number of para-hydroxylation sites is 4. The number of ketones is 1. The Balaban J connectivity index is 1.84. The van der Waals surface area contributed by atoms with E-state index in [9.17, 15) is 19.5 Å². The molecule has 39 heavy (non-hydrogen) atoms. The number of carbonyl (C=O) groups excluding carboxylic acids is 3. The standard InChI is InChI=1S/C29H28ClFN2O6/c1-29(37)15-20(34)24(27(35)32-18-11-4-6-13-21(18)38-2)25(23-16(30)9-8-10-17(23)31)26(29)28(36)33-19-12-5-7-14-22(19)39-3/h4-14,24-26,37H,15H2,1-3H3,(H,32,35)(H,33,36). The Labute approximate surface area is 230 Å². The van der Waals surface area contributed by atoms with E-state index in [4.69, 9.17) is 21.1 Å². The molecule has 3 aromatic carbocycles. The number of benzene rings is 3. The molecular weight excluding hydrogens is 527 g/mol. The van der Waals surface area contributed by atoms with Crippen LogP contribution >= 0.6 is 11.6 Å². The maximum absolute atomic E-state index is 15.4. The predicted octanol–water partition coefficient (Wildman–Crippen LogP) is 4.81. The van der Waals surface area contributed by atoms with E-state index in [2.05, 4.69) is 10.6 Å². The van der Waals surface area contributed by atoms with Crippen molar-refractivity contribution in [3.63, 3.8) is 0 Å². The monoisotopic (exact) mass is 554 g/mol. The van der Waals surface area contributed by atoms with Crippen LogP contribution in [0.2, 0.25) is 5.02 Å². The van der Waals surface area contributed by atoms with Gasteiger partial charge in [-0.1, -0.05) is 41.9 Å². The minimum absolute atomic E-state index is 0.0873. The molecule has 1 aliphatic rings. The van der Waals surface area contributed by atoms with Crippen LogP contribution in [0.5, 0.6) is 11.5 Å². The Kier molecular flexibility index (Phi) is 8.22. The number of anilines is 2. The van der Waals surface area contributed by atoms with E-state index in [0.717, 1.165) is 6.07 Å². The van der Waals surface area contributed by atoms with Gasteiger partial charge in [0, 0.05) is 22.9 Å². The molecule has 8 nitrogen and oxygen atoms in total. The third-order valence-corrected chi connectivity index (χ3v) is 7.22. The van der Waals surface area contributed by atoms with Crippen molar-refractivity contribution in [1.29, 1.82) is 0 Å². The van der Waals surface area contributed by atoms with E-state index in [1.807, 2.05) is 0 Å². The predicted molar refractivity (Wildman–Crippen MR) is 145 cm³/mol. The number of amides is 2. The van der Waals surface area contributed by atoms with Crippen molar-refractivity contribution in [2.45, 2.75) is 24.9 Å². The van der Waals surface area contributed by atoms with Crippen molar-refractivity contribution < 1.29 is 33.4 Å². The Bertz CT molecular complexity index is 1390. The lowest BCUT2D eigenvalue weighted by Gasteiger charge is -2.44. The zero-order valence-electron chi connectivity index (χ0n) is 21.5. The second-order valence-corrected chi connectivity index (χ2v) is 9.90. The highest BCUT2D eigenvalue weighted by Gasteiger charge is 2.57. The quantitative estimate of drug-likeness (QED) is 0.361. The summed E-state index contributed by atoms with van der Waals surface area (Å²) in [6.07, 6.45) is -0.524. The van der Waals surface area contributed by atoms with E-state index in [1.165, 1.54) is 33.3 Å². The molecule has 0 aromatic heterocycles. The molecule has 10 heteroatoms. The van der Waals surface area contributed by atoms with Crippen LogP contribution in [0.25, 0.3) is 0 Å². The van der Waals surface area contributed by atoms with Crippen LogP contribution in [0.1, 0.15) is 24.8 Å². The number of rotatable bonds is 7. The summed E-state index contributed by atoms with van der Waals surface area (Å²) in [5, 5.41) is 16.7. The smallest absolute Gasteiger partial charge is 0.235 e. The maximum atomic E-state index is 15.4. The van der Waals surface area contributed by atoms with Gasteiger partial charge in [0.25, 0.3) is 0 Å². The number of nitrogens with one attached hydrogen (secondary N) is 2. The molecule has 4 unspecified atom stereocenters. The van der Waals surface area contributed by atoms with E-state index in [0.29, 0.717) is 17.2 Å². The van der Waals surface area contributed by atoms with Gasteiger partial charge in [-0.15, -0.1) is 0 Å². The molecule has 0 heterocycles. The minimum Gasteiger partial charge on any atom is -0.495 e. The Morgan fingerprint density at radius 2 is 1.46 bits per heavy atom. The summed E-state index contributed by atoms with van der Waals surface area (Å²) >= 11 is 6.42. The first-order valence-corrected chi connectivity index (χ1v) is 12.5. The molecule has 0 saturated heterocycles. The van der Waals surface area contributed by atoms with Crippen molar-refractivity contribution in [3.8, 4) is 11.5 Å². The maximum Gasteiger partial charge on any atom is 0.235 e. The van der Waals surface area contributed by atoms with Crippen LogP contribution in [0.4, 0.5) is 15.8 Å². The summed E-state index contributed by atoms with van der Waals surface area (Å²) in [5.74, 6) is -6.78. The second-order valence-electron chi connectivity index (χ2n) is 9.50. The van der Waals surface area contributed by atoms with Crippen LogP contribution in [0.15, 0.2) is 66.7 Å². The summed E-state index contributed by atoms with van der Waals surface area (Å²) in [5.41, 5.74) is -1.58. The normalized spacial score (nSPS) is 22.6. The molecule has 3 N–H and O–H groups in total. The van der Waals surface area contributed by atoms with Gasteiger partial charge in [0.1, 0.15) is 29.0 Å². The molecule has 1 fully saturated rings. The van der Waals surface area contributed by atoms with Crippen LogP contribution in [-0.2, 0) is 14.4 Å². The van der Waals surface area contributed by atoms with Gasteiger partial charge in [-0.05, 0) is 43.3 Å². The summed E-state index contributed by atoms with van der Waals surface area (Å²) in [6.45, 7) is 1.31. The number of aliphatic hydroxyl groups is 1. The summed E-state index contributed by atoms with van der Waals surface area (Å²) in [7, 11) is 2.86. The van der Waals surface area contributed by atoms with E-state index in [-0.39, 0.29) is 16.3 Å². The van der Waals surface area contributed by atoms with Crippen LogP contribution in [0.3, 0.4) is 0 Å². The van der Waals surface area contributed by atoms with Gasteiger partial charge in [-0.3, -0.25) is 14.4 Å². The van der Waals surface area contributed by atoms with Crippen molar-refractivity contribution in [2.75, 3.05) is 24.9 Å². The second kappa shape index (κ2) is 11.4. The average molecular weight is 555 g/mol. The fourth-order valence-corrected chi connectivity index (χ4v) is 5.48. The van der Waals surface area contributed by atoms with E-state index < -0.39 is 53.2 Å². The van der Waals surface area contributed by atoms with Crippen LogP contribution < -0.4 is 20.1 Å². The van der Waals surface area contributed by atoms with Gasteiger partial charge in [0.2, 0.25) is 11.8 Å². The first-order chi connectivity index (χ1) is 18.6. The van der Waals surface area contributed by atoms with Crippen molar-refractivity contribution >= 4 is 40.6 Å². The summed E-state index contributed by atoms with van der Waals surface area (Å²) < 4.78 is 26.0. The van der Waals surface area contributed by atoms with Crippen molar-refractivity contribution in [1.82, 2.24) is 0 Å². The molecule has 204 valence electrons. The number of hydrogen-bond acceptors (Lipinski definition) is 6. The molecule has 0 bridgehead atoms. The fourth-order valence-electron chi connectivity index (χ4n) is 5.19. The van der Waals surface area contributed by atoms with Crippen molar-refractivity contribution in [2.24, 2.45) is 11.8 Å². The highest BCUT2D eigenvalue weighted by atomic mass is 35.5. The molecule has 0 radical (unpaired) electrons. The topological polar surface area (TPSA) is 114 Å². The number of Topliss-reactive ketones (excluding diaryl/α,β-unsaturated/α-hetero) is 1. The largest absolute Gasteiger partial charge is 0.495 e. The molecule has 1 saturated carbocycles. The third kappa shape index (κ3) is 5.60. The van der Waals surface area contributed by atoms with E-state index >= 15 is 4.39 Å². The third-order valence-electron chi connectivity index (χ3n) is 6.89. The molecule has 4 rings (SSSR count). The van der Waals surface area contributed by atoms with Gasteiger partial charge in [-0.25, -0.2) is 4.39 Å². The molecule has 4 atom stereocenters. The van der Waals surface area contributed by atoms with Gasteiger partial charge in [0.05, 0.1) is 37.1 Å². The zero-order valence-corrected chi connectivity index (χ0v) is 22.3. The molecular formula is C29H28ClFN2O6. The highest BCUT2D eigenvalue weighted by Crippen LogP contribution is 2.49.